The van der Waals surface area contributed by atoms with Crippen molar-refractivity contribution in [3.8, 4) is 0 Å². The predicted octanol–water partition coefficient (Wildman–Crippen LogP) is 4.69. The Morgan fingerprint density at radius 2 is 1.88 bits per heavy atom. The summed E-state index contributed by atoms with van der Waals surface area (Å²) < 4.78 is 13.2. The van der Waals surface area contributed by atoms with Crippen LogP contribution in [0, 0.1) is 5.82 Å². The van der Waals surface area contributed by atoms with E-state index in [1.165, 1.54) is 29.5 Å². The summed E-state index contributed by atoms with van der Waals surface area (Å²) in [7, 11) is 0. The number of benzene rings is 2. The Kier molecular flexibility index (Phi) is 5.13. The fourth-order valence-electron chi connectivity index (χ4n) is 2.16. The number of oxime groups is 1. The number of carbonyl (C=O) groups excluding carboxylic acids is 1. The number of halogens is 1. The van der Waals surface area contributed by atoms with E-state index in [9.17, 15) is 9.18 Å². The van der Waals surface area contributed by atoms with E-state index in [-0.39, 0.29) is 5.56 Å². The smallest absolute Gasteiger partial charge is 0.312 e. The van der Waals surface area contributed by atoms with Crippen molar-refractivity contribution < 1.29 is 14.0 Å². The molecule has 0 unspecified atom stereocenters. The highest BCUT2D eigenvalue weighted by atomic mass is 32.1. The quantitative estimate of drug-likeness (QED) is 0.384. The zero-order chi connectivity index (χ0) is 16.8. The van der Waals surface area contributed by atoms with Crippen LogP contribution in [0.4, 0.5) is 4.39 Å². The maximum Gasteiger partial charge on any atom is 0.365 e. The molecule has 3 nitrogen and oxygen atoms in total. The molecule has 0 amide bonds. The molecule has 0 fully saturated rings. The summed E-state index contributed by atoms with van der Waals surface area (Å²) in [4.78, 5) is 18.0. The van der Waals surface area contributed by atoms with E-state index in [4.69, 9.17) is 4.84 Å². The maximum atomic E-state index is 13.2. The summed E-state index contributed by atoms with van der Waals surface area (Å²) in [5.74, 6) is -1.17. The molecule has 3 aromatic rings. The molecule has 5 heteroatoms. The summed E-state index contributed by atoms with van der Waals surface area (Å²) in [5.41, 5.74) is 1.84. The van der Waals surface area contributed by atoms with Crippen LogP contribution >= 0.6 is 11.3 Å². The van der Waals surface area contributed by atoms with Gasteiger partial charge in [-0.05, 0) is 35.2 Å². The second kappa shape index (κ2) is 7.66. The molecule has 1 aromatic heterocycles. The minimum absolute atomic E-state index is 0.129. The Morgan fingerprint density at radius 1 is 1.04 bits per heavy atom. The van der Waals surface area contributed by atoms with Crippen molar-refractivity contribution in [2.45, 2.75) is 6.42 Å². The van der Waals surface area contributed by atoms with E-state index in [0.717, 1.165) is 16.5 Å². The normalized spacial score (nSPS) is 11.3. The number of nitrogens with zero attached hydrogens (tertiary/aromatic N) is 1. The Morgan fingerprint density at radius 3 is 2.58 bits per heavy atom. The minimum Gasteiger partial charge on any atom is -0.312 e. The van der Waals surface area contributed by atoms with Gasteiger partial charge >= 0.3 is 5.97 Å². The van der Waals surface area contributed by atoms with Crippen molar-refractivity contribution in [2.75, 3.05) is 0 Å². The van der Waals surface area contributed by atoms with Gasteiger partial charge in [-0.1, -0.05) is 47.6 Å². The van der Waals surface area contributed by atoms with Gasteiger partial charge in [-0.25, -0.2) is 9.18 Å². The molecular weight excluding hydrogens is 325 g/mol. The van der Waals surface area contributed by atoms with Gasteiger partial charge in [-0.15, -0.1) is 11.3 Å². The summed E-state index contributed by atoms with van der Waals surface area (Å²) in [6.07, 6.45) is 0.539. The van der Waals surface area contributed by atoms with Crippen molar-refractivity contribution >= 4 is 23.0 Å². The molecule has 120 valence electrons. The summed E-state index contributed by atoms with van der Waals surface area (Å²) in [5, 5.41) is 5.96. The Bertz CT molecular complexity index is 845. The van der Waals surface area contributed by atoms with Crippen molar-refractivity contribution in [1.82, 2.24) is 0 Å². The molecule has 2 aromatic carbocycles. The fraction of sp³-hybridized carbons (Fsp3) is 0.0526. The Labute approximate surface area is 143 Å². The van der Waals surface area contributed by atoms with Crippen LogP contribution in [0.3, 0.4) is 0 Å². The van der Waals surface area contributed by atoms with Crippen LogP contribution in [0.15, 0.2) is 77.3 Å². The molecule has 0 spiro atoms. The van der Waals surface area contributed by atoms with E-state index >= 15 is 0 Å². The molecular formula is C19H14FNO2S. The number of carbonyl (C=O) groups is 1. The number of rotatable bonds is 5. The lowest BCUT2D eigenvalue weighted by Crippen LogP contribution is -2.08. The van der Waals surface area contributed by atoms with Gasteiger partial charge in [0.1, 0.15) is 11.5 Å². The highest BCUT2D eigenvalue weighted by Crippen LogP contribution is 2.15. The third-order valence-electron chi connectivity index (χ3n) is 3.32. The van der Waals surface area contributed by atoms with Crippen LogP contribution < -0.4 is 0 Å². The number of thiophene rings is 1. The molecule has 0 bridgehead atoms. The van der Waals surface area contributed by atoms with E-state index in [1.807, 2.05) is 47.8 Å². The molecule has 0 saturated heterocycles. The zero-order valence-corrected chi connectivity index (χ0v) is 13.5. The molecule has 0 atom stereocenters. The second-order valence-electron chi connectivity index (χ2n) is 5.07. The van der Waals surface area contributed by atoms with Crippen molar-refractivity contribution in [3.63, 3.8) is 0 Å². The molecule has 1 heterocycles. The number of hydrogen-bond donors (Lipinski definition) is 0. The molecule has 0 aliphatic rings. The van der Waals surface area contributed by atoms with Crippen LogP contribution in [-0.2, 0) is 11.3 Å². The van der Waals surface area contributed by atoms with Gasteiger partial charge in [-0.3, -0.25) is 0 Å². The summed E-state index contributed by atoms with van der Waals surface area (Å²) in [6.45, 7) is 0. The lowest BCUT2D eigenvalue weighted by molar-refractivity contribution is 0.0515. The molecule has 3 rings (SSSR count). The van der Waals surface area contributed by atoms with Crippen molar-refractivity contribution in [3.05, 3.63) is 93.9 Å². The fourth-order valence-corrected chi connectivity index (χ4v) is 2.87. The lowest BCUT2D eigenvalue weighted by Gasteiger charge is -2.05. The topological polar surface area (TPSA) is 38.7 Å². The first-order valence-corrected chi connectivity index (χ1v) is 8.22. The molecule has 0 aliphatic heterocycles. The molecule has 0 radical (unpaired) electrons. The van der Waals surface area contributed by atoms with Crippen molar-refractivity contribution in [1.29, 1.82) is 0 Å². The molecule has 0 N–H and O–H groups in total. The van der Waals surface area contributed by atoms with E-state index in [1.54, 1.807) is 0 Å². The largest absolute Gasteiger partial charge is 0.365 e. The van der Waals surface area contributed by atoms with Crippen LogP contribution in [-0.4, -0.2) is 11.7 Å². The molecule has 0 saturated carbocycles. The Hall–Kier alpha value is -2.79. The molecule has 24 heavy (non-hydrogen) atoms. The lowest BCUT2D eigenvalue weighted by atomic mass is 10.1. The van der Waals surface area contributed by atoms with Gasteiger partial charge < -0.3 is 4.84 Å². The van der Waals surface area contributed by atoms with Gasteiger partial charge in [0.25, 0.3) is 0 Å². The zero-order valence-electron chi connectivity index (χ0n) is 12.7. The average molecular weight is 339 g/mol. The van der Waals surface area contributed by atoms with Crippen LogP contribution in [0.1, 0.15) is 20.8 Å². The third kappa shape index (κ3) is 4.14. The monoisotopic (exact) mass is 339 g/mol. The van der Waals surface area contributed by atoms with Crippen LogP contribution in [0.25, 0.3) is 0 Å². The first-order valence-electron chi connectivity index (χ1n) is 7.34. The van der Waals surface area contributed by atoms with E-state index < -0.39 is 11.8 Å². The van der Waals surface area contributed by atoms with Gasteiger partial charge in [0, 0.05) is 6.42 Å². The number of hydrogen-bond acceptors (Lipinski definition) is 4. The second-order valence-corrected chi connectivity index (χ2v) is 6.01. The van der Waals surface area contributed by atoms with Gasteiger partial charge in [-0.2, -0.15) is 0 Å². The third-order valence-corrected chi connectivity index (χ3v) is 4.24. The Balaban J connectivity index is 1.80. The van der Waals surface area contributed by atoms with Crippen LogP contribution in [0.2, 0.25) is 0 Å². The SMILES string of the molecule is O=C(O/N=C(\Cc1ccccc1)c1cccs1)c1cccc(F)c1. The van der Waals surface area contributed by atoms with E-state index in [0.29, 0.717) is 12.1 Å². The van der Waals surface area contributed by atoms with Crippen molar-refractivity contribution in [2.24, 2.45) is 5.16 Å². The molecule has 0 aliphatic carbocycles. The summed E-state index contributed by atoms with van der Waals surface area (Å²) >= 11 is 1.52. The van der Waals surface area contributed by atoms with Gasteiger partial charge in [0.15, 0.2) is 0 Å². The van der Waals surface area contributed by atoms with E-state index in [2.05, 4.69) is 5.16 Å². The minimum atomic E-state index is -0.684. The maximum absolute atomic E-state index is 13.2. The van der Waals surface area contributed by atoms with Gasteiger partial charge in [0.2, 0.25) is 0 Å². The highest BCUT2D eigenvalue weighted by Gasteiger charge is 2.11. The predicted molar refractivity (Wildman–Crippen MR) is 92.8 cm³/mol. The van der Waals surface area contributed by atoms with Gasteiger partial charge in [0.05, 0.1) is 10.4 Å². The average Bonchev–Trinajstić information content (AvgIpc) is 3.13. The van der Waals surface area contributed by atoms with Crippen LogP contribution in [0.5, 0.6) is 0 Å². The first-order chi connectivity index (χ1) is 11.7. The highest BCUT2D eigenvalue weighted by molar-refractivity contribution is 7.12. The summed E-state index contributed by atoms with van der Waals surface area (Å²) in [6, 6.07) is 19.0. The first kappa shape index (κ1) is 16.1. The standard InChI is InChI=1S/C19H14FNO2S/c20-16-9-4-8-15(13-16)19(22)23-21-17(18-10-5-11-24-18)12-14-6-2-1-3-7-14/h1-11,13H,12H2/b21-17+.